The van der Waals surface area contributed by atoms with Crippen molar-refractivity contribution in [3.05, 3.63) is 59.7 Å². The van der Waals surface area contributed by atoms with Crippen LogP contribution in [0.15, 0.2) is 42.5 Å². The number of hydrogen-bond donors (Lipinski definition) is 0. The molecule has 110 valence electrons. The van der Waals surface area contributed by atoms with E-state index in [2.05, 4.69) is 4.90 Å². The lowest BCUT2D eigenvalue weighted by Gasteiger charge is -2.21. The van der Waals surface area contributed by atoms with Gasteiger partial charge < -0.3 is 9.64 Å². The van der Waals surface area contributed by atoms with Crippen molar-refractivity contribution >= 4 is 5.69 Å². The van der Waals surface area contributed by atoms with Crippen molar-refractivity contribution in [1.29, 1.82) is 0 Å². The third-order valence-corrected chi connectivity index (χ3v) is 4.03. The van der Waals surface area contributed by atoms with Gasteiger partial charge in [0.25, 0.3) is 0 Å². The van der Waals surface area contributed by atoms with E-state index in [1.54, 1.807) is 13.2 Å². The molecule has 1 atom stereocenters. The Morgan fingerprint density at radius 2 is 1.90 bits per heavy atom. The lowest BCUT2D eigenvalue weighted by atomic mass is 9.98. The lowest BCUT2D eigenvalue weighted by molar-refractivity contribution is 0.415. The zero-order valence-corrected chi connectivity index (χ0v) is 11.9. The Morgan fingerprint density at radius 3 is 2.67 bits per heavy atom. The van der Waals surface area contributed by atoms with Crippen LogP contribution in [-0.4, -0.2) is 20.2 Å². The number of nitrogens with zero attached hydrogens (tertiary/aromatic N) is 1. The van der Waals surface area contributed by atoms with Gasteiger partial charge in [0.1, 0.15) is 5.75 Å². The van der Waals surface area contributed by atoms with Crippen LogP contribution in [0.1, 0.15) is 17.9 Å². The first-order valence-corrected chi connectivity index (χ1v) is 7.02. The first-order chi connectivity index (χ1) is 10.2. The fourth-order valence-electron chi connectivity index (χ4n) is 2.91. The molecule has 1 saturated heterocycles. The van der Waals surface area contributed by atoms with Gasteiger partial charge in [0.15, 0.2) is 11.6 Å². The van der Waals surface area contributed by atoms with Gasteiger partial charge in [-0.2, -0.15) is 0 Å². The van der Waals surface area contributed by atoms with Crippen molar-refractivity contribution in [1.82, 2.24) is 0 Å². The molecule has 1 aliphatic rings. The highest BCUT2D eigenvalue weighted by Gasteiger charge is 2.26. The minimum absolute atomic E-state index is 0.213. The zero-order valence-electron chi connectivity index (χ0n) is 11.9. The van der Waals surface area contributed by atoms with Gasteiger partial charge in [-0.3, -0.25) is 0 Å². The molecule has 0 aromatic heterocycles. The maximum Gasteiger partial charge on any atom is 0.159 e. The topological polar surface area (TPSA) is 12.5 Å². The minimum Gasteiger partial charge on any atom is -0.495 e. The highest BCUT2D eigenvalue weighted by atomic mass is 19.2. The van der Waals surface area contributed by atoms with Gasteiger partial charge in [0.2, 0.25) is 0 Å². The molecule has 1 heterocycles. The SMILES string of the molecule is COc1ccccc1N1CCC(c2ccc(F)c(F)c2)C1. The third-order valence-electron chi connectivity index (χ3n) is 4.03. The fraction of sp³-hybridized carbons (Fsp3) is 0.294. The highest BCUT2D eigenvalue weighted by Crippen LogP contribution is 2.35. The molecular formula is C17H17F2NO. The minimum atomic E-state index is -0.793. The van der Waals surface area contributed by atoms with Crippen molar-refractivity contribution in [2.75, 3.05) is 25.1 Å². The number of anilines is 1. The number of rotatable bonds is 3. The molecule has 0 bridgehead atoms. The quantitative estimate of drug-likeness (QED) is 0.848. The molecule has 1 unspecified atom stereocenters. The average Bonchev–Trinajstić information content (AvgIpc) is 2.99. The van der Waals surface area contributed by atoms with Crippen LogP contribution in [0.4, 0.5) is 14.5 Å². The number of para-hydroxylation sites is 2. The van der Waals surface area contributed by atoms with Crippen LogP contribution in [0.5, 0.6) is 5.75 Å². The third kappa shape index (κ3) is 2.71. The monoisotopic (exact) mass is 289 g/mol. The van der Waals surface area contributed by atoms with Crippen molar-refractivity contribution in [2.45, 2.75) is 12.3 Å². The molecule has 1 fully saturated rings. The summed E-state index contributed by atoms with van der Waals surface area (Å²) in [4.78, 5) is 2.23. The average molecular weight is 289 g/mol. The van der Waals surface area contributed by atoms with Gasteiger partial charge in [0, 0.05) is 19.0 Å². The largest absolute Gasteiger partial charge is 0.495 e. The smallest absolute Gasteiger partial charge is 0.159 e. The van der Waals surface area contributed by atoms with Gasteiger partial charge in [-0.1, -0.05) is 18.2 Å². The molecule has 4 heteroatoms. The summed E-state index contributed by atoms with van der Waals surface area (Å²) in [5.41, 5.74) is 1.90. The number of benzene rings is 2. The van der Waals surface area contributed by atoms with Gasteiger partial charge in [-0.25, -0.2) is 8.78 Å². The van der Waals surface area contributed by atoms with Crippen molar-refractivity contribution in [2.24, 2.45) is 0 Å². The van der Waals surface area contributed by atoms with Crippen LogP contribution in [0.3, 0.4) is 0 Å². The number of ether oxygens (including phenoxy) is 1. The Bertz CT molecular complexity index is 644. The second-order valence-corrected chi connectivity index (χ2v) is 5.28. The van der Waals surface area contributed by atoms with Crippen LogP contribution in [0.25, 0.3) is 0 Å². The Balaban J connectivity index is 1.80. The molecule has 0 amide bonds. The number of methoxy groups -OCH3 is 1. The second-order valence-electron chi connectivity index (χ2n) is 5.28. The molecule has 2 aromatic rings. The summed E-state index contributed by atoms with van der Waals surface area (Å²) < 4.78 is 31.8. The van der Waals surface area contributed by atoms with E-state index in [-0.39, 0.29) is 5.92 Å². The molecule has 0 aliphatic carbocycles. The molecule has 0 N–H and O–H groups in total. The molecule has 3 rings (SSSR count). The van der Waals surface area contributed by atoms with E-state index in [9.17, 15) is 8.78 Å². The van der Waals surface area contributed by atoms with Crippen molar-refractivity contribution < 1.29 is 13.5 Å². The van der Waals surface area contributed by atoms with Crippen LogP contribution >= 0.6 is 0 Å². The molecule has 2 aromatic carbocycles. The summed E-state index contributed by atoms with van der Waals surface area (Å²) in [6.07, 6.45) is 0.920. The molecule has 2 nitrogen and oxygen atoms in total. The summed E-state index contributed by atoms with van der Waals surface area (Å²) in [7, 11) is 1.65. The standard InChI is InChI=1S/C17H17F2NO/c1-21-17-5-3-2-4-16(17)20-9-8-13(11-20)12-6-7-14(18)15(19)10-12/h2-7,10,13H,8-9,11H2,1H3. The van der Waals surface area contributed by atoms with E-state index in [0.717, 1.165) is 36.5 Å². The summed E-state index contributed by atoms with van der Waals surface area (Å²) in [5, 5.41) is 0. The van der Waals surface area contributed by atoms with Crippen molar-refractivity contribution in [3.63, 3.8) is 0 Å². The first kappa shape index (κ1) is 13.9. The predicted octanol–water partition coefficient (Wildman–Crippen LogP) is 3.97. The van der Waals surface area contributed by atoms with Gasteiger partial charge in [-0.15, -0.1) is 0 Å². The second kappa shape index (κ2) is 5.72. The molecule has 0 spiro atoms. The van der Waals surface area contributed by atoms with E-state index in [0.29, 0.717) is 0 Å². The lowest BCUT2D eigenvalue weighted by Crippen LogP contribution is -2.19. The Morgan fingerprint density at radius 1 is 1.10 bits per heavy atom. The molecule has 0 saturated carbocycles. The zero-order chi connectivity index (χ0) is 14.8. The van der Waals surface area contributed by atoms with E-state index in [1.807, 2.05) is 24.3 Å². The molecule has 1 aliphatic heterocycles. The van der Waals surface area contributed by atoms with Gasteiger partial charge in [0.05, 0.1) is 12.8 Å². The van der Waals surface area contributed by atoms with Crippen LogP contribution < -0.4 is 9.64 Å². The van der Waals surface area contributed by atoms with E-state index in [1.165, 1.54) is 12.1 Å². The normalized spacial score (nSPS) is 18.0. The van der Waals surface area contributed by atoms with E-state index in [4.69, 9.17) is 4.74 Å². The summed E-state index contributed by atoms with van der Waals surface area (Å²) >= 11 is 0. The van der Waals surface area contributed by atoms with Gasteiger partial charge in [-0.05, 0) is 36.2 Å². The van der Waals surface area contributed by atoms with Crippen molar-refractivity contribution in [3.8, 4) is 5.75 Å². The van der Waals surface area contributed by atoms with E-state index < -0.39 is 11.6 Å². The molecular weight excluding hydrogens is 272 g/mol. The Labute approximate surface area is 123 Å². The first-order valence-electron chi connectivity index (χ1n) is 7.02. The van der Waals surface area contributed by atoms with Crippen LogP contribution in [0.2, 0.25) is 0 Å². The molecule has 0 radical (unpaired) electrons. The summed E-state index contributed by atoms with van der Waals surface area (Å²) in [5.74, 6) is -0.518. The van der Waals surface area contributed by atoms with Gasteiger partial charge >= 0.3 is 0 Å². The summed E-state index contributed by atoms with van der Waals surface area (Å²) in [6.45, 7) is 1.66. The number of hydrogen-bond acceptors (Lipinski definition) is 2. The Hall–Kier alpha value is -2.10. The van der Waals surface area contributed by atoms with E-state index >= 15 is 0 Å². The highest BCUT2D eigenvalue weighted by molar-refractivity contribution is 5.59. The predicted molar refractivity (Wildman–Crippen MR) is 78.9 cm³/mol. The Kier molecular flexibility index (Phi) is 3.78. The van der Waals surface area contributed by atoms with Crippen LogP contribution in [0, 0.1) is 11.6 Å². The maximum atomic E-state index is 13.4. The van der Waals surface area contributed by atoms with Crippen LogP contribution in [-0.2, 0) is 0 Å². The number of halogens is 2. The molecule has 21 heavy (non-hydrogen) atoms. The maximum absolute atomic E-state index is 13.4. The summed E-state index contributed by atoms with van der Waals surface area (Å²) in [6, 6.07) is 12.1. The fourth-order valence-corrected chi connectivity index (χ4v) is 2.91.